The van der Waals surface area contributed by atoms with Gasteiger partial charge in [0.25, 0.3) is 5.91 Å². The number of nitrogens with zero attached hydrogens (tertiary/aromatic N) is 2. The van der Waals surface area contributed by atoms with E-state index >= 15 is 0 Å². The zero-order valence-corrected chi connectivity index (χ0v) is 22.6. The maximum atomic E-state index is 13.7. The molecule has 0 spiro atoms. The molecule has 3 fully saturated rings. The number of halogens is 1. The first kappa shape index (κ1) is 27.0. The molecule has 1 aromatic heterocycles. The molecule has 4 heterocycles. The van der Waals surface area contributed by atoms with Crippen molar-refractivity contribution in [3.05, 3.63) is 83.1 Å². The van der Waals surface area contributed by atoms with Gasteiger partial charge in [0, 0.05) is 24.8 Å². The van der Waals surface area contributed by atoms with Gasteiger partial charge in [-0.15, -0.1) is 0 Å². The van der Waals surface area contributed by atoms with Crippen molar-refractivity contribution in [2.24, 2.45) is 5.92 Å². The fourth-order valence-corrected chi connectivity index (χ4v) is 5.56. The van der Waals surface area contributed by atoms with Gasteiger partial charge in [0.2, 0.25) is 5.60 Å². The number of aryl methyl sites for hydroxylation is 2. The van der Waals surface area contributed by atoms with Crippen molar-refractivity contribution < 1.29 is 45.4 Å². The van der Waals surface area contributed by atoms with E-state index in [0.29, 0.717) is 28.0 Å². The molecule has 3 saturated heterocycles. The average Bonchev–Trinajstić information content (AvgIpc) is 3.37. The first-order valence-electron chi connectivity index (χ1n) is 12.4. The molecular weight excluding hydrogens is 538 g/mol. The number of aromatic nitrogens is 1. The Balaban J connectivity index is 0.00000320. The summed E-state index contributed by atoms with van der Waals surface area (Å²) < 4.78 is 11.4. The van der Waals surface area contributed by atoms with Crippen LogP contribution in [0.2, 0.25) is 0 Å². The number of hydrogen-bond donors (Lipinski definition) is 2. The van der Waals surface area contributed by atoms with Crippen molar-refractivity contribution in [2.75, 3.05) is 31.5 Å². The molecule has 0 saturated carbocycles. The van der Waals surface area contributed by atoms with Gasteiger partial charge in [-0.3, -0.25) is 4.79 Å². The Hall–Kier alpha value is -3.01. The van der Waals surface area contributed by atoms with Gasteiger partial charge in [0.05, 0.1) is 13.1 Å². The number of carbonyl (C=O) groups is 2. The molecule has 1 atom stereocenters. The lowest BCUT2D eigenvalue weighted by atomic mass is 9.82. The van der Waals surface area contributed by atoms with E-state index in [-0.39, 0.29) is 41.5 Å². The van der Waals surface area contributed by atoms with Crippen LogP contribution < -0.4 is 22.3 Å². The van der Waals surface area contributed by atoms with Crippen LogP contribution in [-0.2, 0) is 19.9 Å². The Labute approximate surface area is 227 Å². The standard InChI is InChI=1S/C28H31N3O5.BrH/c1-19-3-7-22(8-4-19)28(34,23-9-5-20(2)6-10-23)27(33)36-24-17-31(14-11-21(24)12-15-31)18-26(32)29-25-13-16-35-30-25;/h3-10,13,16,21,24,34H,11-12,14-15,17-18H2,1-2H3;1H/t21?,24-,31?;/m0./s1. The third-order valence-electron chi connectivity index (χ3n) is 7.72. The van der Waals surface area contributed by atoms with E-state index in [9.17, 15) is 14.7 Å². The number of ether oxygens (including phenoxy) is 1. The molecule has 2 bridgehead atoms. The summed E-state index contributed by atoms with van der Waals surface area (Å²) in [6.45, 7) is 6.44. The lowest BCUT2D eigenvalue weighted by Gasteiger charge is -2.51. The van der Waals surface area contributed by atoms with Gasteiger partial charge in [-0.05, 0) is 25.0 Å². The molecule has 0 radical (unpaired) electrons. The number of fused-ring (bicyclic) bond motifs is 3. The molecule has 6 rings (SSSR count). The predicted molar refractivity (Wildman–Crippen MR) is 133 cm³/mol. The number of amides is 1. The van der Waals surface area contributed by atoms with E-state index in [1.165, 1.54) is 6.26 Å². The number of nitrogens with one attached hydrogen (secondary N) is 1. The molecule has 3 aromatic rings. The van der Waals surface area contributed by atoms with E-state index < -0.39 is 11.6 Å². The van der Waals surface area contributed by atoms with Crippen LogP contribution >= 0.6 is 0 Å². The van der Waals surface area contributed by atoms with Gasteiger partial charge in [-0.1, -0.05) is 64.8 Å². The molecule has 0 aliphatic carbocycles. The zero-order valence-electron chi connectivity index (χ0n) is 21.0. The minimum Gasteiger partial charge on any atom is -1.00 e. The highest BCUT2D eigenvalue weighted by Gasteiger charge is 2.51. The number of piperidine rings is 3. The summed E-state index contributed by atoms with van der Waals surface area (Å²) in [6.07, 6.45) is 2.76. The lowest BCUT2D eigenvalue weighted by molar-refractivity contribution is -0.939. The molecule has 9 heteroatoms. The van der Waals surface area contributed by atoms with E-state index in [0.717, 1.165) is 37.1 Å². The Bertz CT molecular complexity index is 1170. The Morgan fingerprint density at radius 2 is 1.59 bits per heavy atom. The maximum Gasteiger partial charge on any atom is 0.348 e. The van der Waals surface area contributed by atoms with Crippen LogP contribution in [0.3, 0.4) is 0 Å². The summed E-state index contributed by atoms with van der Waals surface area (Å²) in [5, 5.41) is 18.4. The molecule has 0 unspecified atom stereocenters. The van der Waals surface area contributed by atoms with E-state index in [2.05, 4.69) is 10.5 Å². The SMILES string of the molecule is Cc1ccc(C(O)(C(=O)O[C@H]2C[N+]3(CC(=O)Nc4ccon4)CCC2CC3)c2ccc(C)cc2)cc1.[Br-]. The number of aliphatic hydroxyl groups is 1. The normalized spacial score (nSPS) is 22.7. The lowest BCUT2D eigenvalue weighted by Crippen LogP contribution is -3.00. The van der Waals surface area contributed by atoms with Crippen molar-refractivity contribution in [1.82, 2.24) is 5.16 Å². The van der Waals surface area contributed by atoms with Crippen LogP contribution in [0.1, 0.15) is 35.1 Å². The van der Waals surface area contributed by atoms with Crippen LogP contribution in [0.25, 0.3) is 0 Å². The van der Waals surface area contributed by atoms with Crippen molar-refractivity contribution in [1.29, 1.82) is 0 Å². The first-order chi connectivity index (χ1) is 17.3. The summed E-state index contributed by atoms with van der Waals surface area (Å²) >= 11 is 0. The van der Waals surface area contributed by atoms with Crippen LogP contribution in [0.4, 0.5) is 5.82 Å². The number of rotatable bonds is 7. The van der Waals surface area contributed by atoms with Crippen molar-refractivity contribution >= 4 is 17.7 Å². The van der Waals surface area contributed by atoms with Crippen molar-refractivity contribution in [3.8, 4) is 0 Å². The summed E-state index contributed by atoms with van der Waals surface area (Å²) in [7, 11) is 0. The molecule has 2 N–H and O–H groups in total. The smallest absolute Gasteiger partial charge is 0.348 e. The Morgan fingerprint density at radius 1 is 1.03 bits per heavy atom. The van der Waals surface area contributed by atoms with E-state index in [1.54, 1.807) is 30.3 Å². The van der Waals surface area contributed by atoms with Crippen LogP contribution in [0, 0.1) is 19.8 Å². The molecule has 3 aliphatic heterocycles. The van der Waals surface area contributed by atoms with Crippen LogP contribution in [0.5, 0.6) is 0 Å². The van der Waals surface area contributed by atoms with Gasteiger partial charge in [0.1, 0.15) is 12.8 Å². The number of quaternary nitrogens is 1. The first-order valence-corrected chi connectivity index (χ1v) is 12.4. The molecule has 196 valence electrons. The van der Waals surface area contributed by atoms with Gasteiger partial charge < -0.3 is 41.1 Å². The minimum absolute atomic E-state index is 0. The van der Waals surface area contributed by atoms with Crippen LogP contribution in [0.15, 0.2) is 65.4 Å². The maximum absolute atomic E-state index is 13.7. The summed E-state index contributed by atoms with van der Waals surface area (Å²) in [5.74, 6) is -0.230. The molecule has 37 heavy (non-hydrogen) atoms. The largest absolute Gasteiger partial charge is 1.00 e. The van der Waals surface area contributed by atoms with Gasteiger partial charge in [-0.25, -0.2) is 4.79 Å². The molecule has 1 amide bonds. The molecule has 2 aromatic carbocycles. The van der Waals surface area contributed by atoms with E-state index in [4.69, 9.17) is 9.26 Å². The summed E-state index contributed by atoms with van der Waals surface area (Å²) in [6, 6.07) is 16.2. The van der Waals surface area contributed by atoms with Crippen molar-refractivity contribution in [3.63, 3.8) is 0 Å². The number of benzene rings is 2. The molecule has 3 aliphatic rings. The second kappa shape index (κ2) is 10.8. The fraction of sp³-hybridized carbons (Fsp3) is 0.393. The fourth-order valence-electron chi connectivity index (χ4n) is 5.56. The van der Waals surface area contributed by atoms with E-state index in [1.807, 2.05) is 38.1 Å². The monoisotopic (exact) mass is 569 g/mol. The minimum atomic E-state index is -1.93. The predicted octanol–water partition coefficient (Wildman–Crippen LogP) is 0.322. The summed E-state index contributed by atoms with van der Waals surface area (Å²) in [5.41, 5.74) is 1.08. The van der Waals surface area contributed by atoms with Crippen molar-refractivity contribution in [2.45, 2.75) is 38.4 Å². The van der Waals surface area contributed by atoms with Gasteiger partial charge in [-0.2, -0.15) is 0 Å². The highest BCUT2D eigenvalue weighted by molar-refractivity contribution is 5.90. The highest BCUT2D eigenvalue weighted by atomic mass is 79.9. The number of anilines is 1. The number of hydrogen-bond acceptors (Lipinski definition) is 6. The quantitative estimate of drug-likeness (QED) is 0.314. The average molecular weight is 570 g/mol. The third-order valence-corrected chi connectivity index (χ3v) is 7.72. The number of esters is 1. The second-order valence-electron chi connectivity index (χ2n) is 10.3. The Morgan fingerprint density at radius 3 is 2.11 bits per heavy atom. The van der Waals surface area contributed by atoms with Crippen LogP contribution in [-0.4, -0.2) is 58.9 Å². The number of carbonyl (C=O) groups excluding carboxylic acids is 2. The summed E-state index contributed by atoms with van der Waals surface area (Å²) in [4.78, 5) is 26.5. The van der Waals surface area contributed by atoms with Gasteiger partial charge >= 0.3 is 5.97 Å². The Kier molecular flexibility index (Phi) is 7.87. The molecular formula is C28H32BrN3O5. The highest BCUT2D eigenvalue weighted by Crippen LogP contribution is 2.38. The topological polar surface area (TPSA) is 102 Å². The third kappa shape index (κ3) is 5.49. The molecule has 8 nitrogen and oxygen atoms in total. The van der Waals surface area contributed by atoms with Gasteiger partial charge in [0.15, 0.2) is 18.5 Å². The zero-order chi connectivity index (χ0) is 25.3. The second-order valence-corrected chi connectivity index (χ2v) is 10.3.